The number of aryl methyl sites for hydroxylation is 1. The highest BCUT2D eigenvalue weighted by molar-refractivity contribution is 5.37. The van der Waals surface area contributed by atoms with Crippen LogP contribution in [0.2, 0.25) is 0 Å². The molecular formula is C15H15F2NO. The van der Waals surface area contributed by atoms with Gasteiger partial charge in [-0.2, -0.15) is 0 Å². The first kappa shape index (κ1) is 13.5. The average molecular weight is 263 g/mol. The highest BCUT2D eigenvalue weighted by Gasteiger charge is 2.09. The maximum Gasteiger partial charge on any atom is 0.165 e. The van der Waals surface area contributed by atoms with Gasteiger partial charge in [0.05, 0.1) is 0 Å². The minimum absolute atomic E-state index is 0.0281. The van der Waals surface area contributed by atoms with E-state index in [4.69, 9.17) is 10.5 Å². The summed E-state index contributed by atoms with van der Waals surface area (Å²) in [5.41, 5.74) is 7.73. The lowest BCUT2D eigenvalue weighted by Crippen LogP contribution is -2.05. The van der Waals surface area contributed by atoms with E-state index < -0.39 is 11.6 Å². The van der Waals surface area contributed by atoms with Crippen molar-refractivity contribution in [2.75, 3.05) is 0 Å². The fraction of sp³-hybridized carbons (Fsp3) is 0.200. The van der Waals surface area contributed by atoms with Crippen LogP contribution in [0.25, 0.3) is 0 Å². The third-order valence-corrected chi connectivity index (χ3v) is 2.85. The number of benzene rings is 2. The molecule has 0 fully saturated rings. The van der Waals surface area contributed by atoms with Crippen molar-refractivity contribution in [1.82, 2.24) is 0 Å². The molecular weight excluding hydrogens is 248 g/mol. The predicted molar refractivity (Wildman–Crippen MR) is 69.8 cm³/mol. The van der Waals surface area contributed by atoms with Crippen LogP contribution < -0.4 is 10.5 Å². The van der Waals surface area contributed by atoms with Crippen LogP contribution in [0.15, 0.2) is 36.4 Å². The molecule has 19 heavy (non-hydrogen) atoms. The molecule has 0 bridgehead atoms. The quantitative estimate of drug-likeness (QED) is 0.918. The SMILES string of the molecule is Cc1ccc(OCc2cccc(F)c2F)c(CN)c1. The zero-order valence-electron chi connectivity index (χ0n) is 10.6. The molecule has 0 saturated carbocycles. The van der Waals surface area contributed by atoms with Gasteiger partial charge in [0.15, 0.2) is 11.6 Å². The largest absolute Gasteiger partial charge is 0.488 e. The standard InChI is InChI=1S/C15H15F2NO/c1-10-5-6-14(12(7-10)8-18)19-9-11-3-2-4-13(16)15(11)17/h2-7H,8-9,18H2,1H3. The maximum atomic E-state index is 13.5. The Hall–Kier alpha value is -1.94. The van der Waals surface area contributed by atoms with Crippen LogP contribution in [0.5, 0.6) is 5.75 Å². The van der Waals surface area contributed by atoms with E-state index in [0.29, 0.717) is 12.3 Å². The Morgan fingerprint density at radius 1 is 1.11 bits per heavy atom. The zero-order valence-corrected chi connectivity index (χ0v) is 10.6. The Kier molecular flexibility index (Phi) is 4.12. The number of nitrogens with two attached hydrogens (primary N) is 1. The maximum absolute atomic E-state index is 13.5. The molecule has 0 aliphatic carbocycles. The molecule has 0 atom stereocenters. The third kappa shape index (κ3) is 3.09. The number of hydrogen-bond acceptors (Lipinski definition) is 2. The molecule has 0 amide bonds. The van der Waals surface area contributed by atoms with Crippen molar-refractivity contribution < 1.29 is 13.5 Å². The van der Waals surface area contributed by atoms with Crippen molar-refractivity contribution in [3.05, 3.63) is 64.7 Å². The lowest BCUT2D eigenvalue weighted by Gasteiger charge is -2.11. The number of ether oxygens (including phenoxy) is 1. The summed E-state index contributed by atoms with van der Waals surface area (Å²) in [6, 6.07) is 9.61. The molecule has 2 rings (SSSR count). The van der Waals surface area contributed by atoms with Crippen molar-refractivity contribution in [3.63, 3.8) is 0 Å². The van der Waals surface area contributed by atoms with Gasteiger partial charge in [0.25, 0.3) is 0 Å². The summed E-state index contributed by atoms with van der Waals surface area (Å²) in [4.78, 5) is 0. The highest BCUT2D eigenvalue weighted by Crippen LogP contribution is 2.21. The normalized spacial score (nSPS) is 10.5. The second kappa shape index (κ2) is 5.80. The topological polar surface area (TPSA) is 35.2 Å². The molecule has 0 saturated heterocycles. The Labute approximate surface area is 110 Å². The highest BCUT2D eigenvalue weighted by atomic mass is 19.2. The Morgan fingerprint density at radius 2 is 1.89 bits per heavy atom. The Balaban J connectivity index is 2.17. The van der Waals surface area contributed by atoms with Gasteiger partial charge in [0.1, 0.15) is 12.4 Å². The van der Waals surface area contributed by atoms with E-state index in [1.807, 2.05) is 19.1 Å². The molecule has 2 aromatic carbocycles. The fourth-order valence-electron chi connectivity index (χ4n) is 1.82. The lowest BCUT2D eigenvalue weighted by atomic mass is 10.1. The van der Waals surface area contributed by atoms with Crippen LogP contribution in [-0.2, 0) is 13.2 Å². The van der Waals surface area contributed by atoms with Crippen LogP contribution >= 0.6 is 0 Å². The molecule has 4 heteroatoms. The summed E-state index contributed by atoms with van der Waals surface area (Å²) >= 11 is 0. The molecule has 2 aromatic rings. The van der Waals surface area contributed by atoms with E-state index in [1.54, 1.807) is 6.07 Å². The molecule has 2 nitrogen and oxygen atoms in total. The molecule has 2 N–H and O–H groups in total. The first-order valence-electron chi connectivity index (χ1n) is 5.97. The number of hydrogen-bond donors (Lipinski definition) is 1. The zero-order chi connectivity index (χ0) is 13.8. The minimum Gasteiger partial charge on any atom is -0.488 e. The second-order valence-electron chi connectivity index (χ2n) is 4.32. The van der Waals surface area contributed by atoms with Gasteiger partial charge in [-0.25, -0.2) is 8.78 Å². The van der Waals surface area contributed by atoms with E-state index in [0.717, 1.165) is 17.2 Å². The van der Waals surface area contributed by atoms with E-state index in [1.165, 1.54) is 12.1 Å². The second-order valence-corrected chi connectivity index (χ2v) is 4.32. The third-order valence-electron chi connectivity index (χ3n) is 2.85. The molecule has 0 aromatic heterocycles. The van der Waals surface area contributed by atoms with Crippen molar-refractivity contribution >= 4 is 0 Å². The van der Waals surface area contributed by atoms with Crippen LogP contribution in [0, 0.1) is 18.6 Å². The van der Waals surface area contributed by atoms with Gasteiger partial charge in [-0.3, -0.25) is 0 Å². The monoisotopic (exact) mass is 263 g/mol. The van der Waals surface area contributed by atoms with Crippen LogP contribution in [-0.4, -0.2) is 0 Å². The molecule has 0 spiro atoms. The summed E-state index contributed by atoms with van der Waals surface area (Å²) in [5.74, 6) is -1.15. The Bertz CT molecular complexity index is 584. The fourth-order valence-corrected chi connectivity index (χ4v) is 1.82. The minimum atomic E-state index is -0.871. The smallest absolute Gasteiger partial charge is 0.165 e. The van der Waals surface area contributed by atoms with Crippen LogP contribution in [0.1, 0.15) is 16.7 Å². The Morgan fingerprint density at radius 3 is 2.63 bits per heavy atom. The van der Waals surface area contributed by atoms with Crippen molar-refractivity contribution in [2.24, 2.45) is 5.73 Å². The van der Waals surface area contributed by atoms with E-state index >= 15 is 0 Å². The van der Waals surface area contributed by atoms with Gasteiger partial charge in [-0.1, -0.05) is 29.8 Å². The molecule has 0 unspecified atom stereocenters. The van der Waals surface area contributed by atoms with Crippen molar-refractivity contribution in [3.8, 4) is 5.75 Å². The first-order valence-corrected chi connectivity index (χ1v) is 5.97. The molecule has 100 valence electrons. The molecule has 0 aliphatic rings. The van der Waals surface area contributed by atoms with Gasteiger partial charge in [-0.15, -0.1) is 0 Å². The van der Waals surface area contributed by atoms with Crippen molar-refractivity contribution in [2.45, 2.75) is 20.1 Å². The molecule has 0 heterocycles. The van der Waals surface area contributed by atoms with Gasteiger partial charge in [0, 0.05) is 17.7 Å². The molecule has 0 aliphatic heterocycles. The average Bonchev–Trinajstić information content (AvgIpc) is 2.41. The number of halogens is 2. The lowest BCUT2D eigenvalue weighted by molar-refractivity contribution is 0.294. The van der Waals surface area contributed by atoms with E-state index in [-0.39, 0.29) is 12.2 Å². The van der Waals surface area contributed by atoms with Crippen LogP contribution in [0.3, 0.4) is 0 Å². The summed E-state index contributed by atoms with van der Waals surface area (Å²) in [5, 5.41) is 0. The summed E-state index contributed by atoms with van der Waals surface area (Å²) in [6.45, 7) is 2.26. The first-order chi connectivity index (χ1) is 9.11. The van der Waals surface area contributed by atoms with Crippen LogP contribution in [0.4, 0.5) is 8.78 Å². The predicted octanol–water partition coefficient (Wildman–Crippen LogP) is 3.31. The van der Waals surface area contributed by atoms with Gasteiger partial charge < -0.3 is 10.5 Å². The summed E-state index contributed by atoms with van der Waals surface area (Å²) in [7, 11) is 0. The molecule has 0 radical (unpaired) electrons. The van der Waals surface area contributed by atoms with E-state index in [9.17, 15) is 8.78 Å². The van der Waals surface area contributed by atoms with Crippen molar-refractivity contribution in [1.29, 1.82) is 0 Å². The van der Waals surface area contributed by atoms with Gasteiger partial charge >= 0.3 is 0 Å². The number of rotatable bonds is 4. The van der Waals surface area contributed by atoms with Gasteiger partial charge in [-0.05, 0) is 19.1 Å². The van der Waals surface area contributed by atoms with E-state index in [2.05, 4.69) is 0 Å². The summed E-state index contributed by atoms with van der Waals surface area (Å²) in [6.07, 6.45) is 0. The summed E-state index contributed by atoms with van der Waals surface area (Å²) < 4.78 is 32.0. The van der Waals surface area contributed by atoms with Gasteiger partial charge in [0.2, 0.25) is 0 Å².